The Bertz CT molecular complexity index is 574. The van der Waals surface area contributed by atoms with Crippen LogP contribution in [0, 0.1) is 0 Å². The molecule has 2 rings (SSSR count). The molecule has 2 N–H and O–H groups in total. The molecule has 1 aromatic rings. The highest BCUT2D eigenvalue weighted by molar-refractivity contribution is 7.89. The number of sulfonamides is 1. The zero-order chi connectivity index (χ0) is 16.0. The first kappa shape index (κ1) is 16.7. The second-order valence-corrected chi connectivity index (χ2v) is 6.79. The third-order valence-electron chi connectivity index (χ3n) is 3.42. The number of nitrogens with one attached hydrogen (secondary N) is 2. The zero-order valence-electron chi connectivity index (χ0n) is 12.5. The van der Waals surface area contributed by atoms with Gasteiger partial charge < -0.3 is 19.9 Å². The summed E-state index contributed by atoms with van der Waals surface area (Å²) in [5.41, 5.74) is 0. The molecule has 0 spiro atoms. The van der Waals surface area contributed by atoms with E-state index in [4.69, 9.17) is 4.74 Å². The standard InChI is InChI=1S/C12H21N5O4S/c1-21-8-3-14-12(18)16-4-2-5-17(7-6-16)22(19,20)11-9-13-10-15-11/h9-10H,2-8H2,1H3,(H,13,15)(H,14,18). The fraction of sp³-hybridized carbons (Fsp3) is 0.667. The number of amides is 2. The van der Waals surface area contributed by atoms with Gasteiger partial charge in [0.2, 0.25) is 0 Å². The molecule has 9 nitrogen and oxygen atoms in total. The van der Waals surface area contributed by atoms with Crippen molar-refractivity contribution in [1.82, 2.24) is 24.5 Å². The van der Waals surface area contributed by atoms with Crippen molar-refractivity contribution in [3.05, 3.63) is 12.5 Å². The average molecular weight is 331 g/mol. The Hall–Kier alpha value is -1.65. The van der Waals surface area contributed by atoms with Crippen molar-refractivity contribution in [1.29, 1.82) is 0 Å². The highest BCUT2D eigenvalue weighted by atomic mass is 32.2. The van der Waals surface area contributed by atoms with Crippen molar-refractivity contribution >= 4 is 16.1 Å². The van der Waals surface area contributed by atoms with Crippen molar-refractivity contribution in [3.8, 4) is 0 Å². The summed E-state index contributed by atoms with van der Waals surface area (Å²) in [6.45, 7) is 2.39. The summed E-state index contributed by atoms with van der Waals surface area (Å²) in [6, 6.07) is -0.196. The summed E-state index contributed by atoms with van der Waals surface area (Å²) in [4.78, 5) is 20.0. The molecule has 10 heteroatoms. The Morgan fingerprint density at radius 1 is 1.41 bits per heavy atom. The van der Waals surface area contributed by atoms with Gasteiger partial charge in [-0.15, -0.1) is 0 Å². The van der Waals surface area contributed by atoms with Crippen LogP contribution in [0.1, 0.15) is 6.42 Å². The van der Waals surface area contributed by atoms with Crippen LogP contribution in [0.5, 0.6) is 0 Å². The number of imidazole rings is 1. The molecule has 0 saturated carbocycles. The second-order valence-electron chi connectivity index (χ2n) is 4.89. The first-order valence-corrected chi connectivity index (χ1v) is 8.50. The van der Waals surface area contributed by atoms with E-state index in [-0.39, 0.29) is 17.6 Å². The van der Waals surface area contributed by atoms with E-state index in [0.29, 0.717) is 39.2 Å². The Balaban J connectivity index is 1.94. The number of hydrogen-bond acceptors (Lipinski definition) is 5. The molecular weight excluding hydrogens is 310 g/mol. The van der Waals surface area contributed by atoms with Crippen LogP contribution < -0.4 is 5.32 Å². The first-order valence-electron chi connectivity index (χ1n) is 7.06. The van der Waals surface area contributed by atoms with E-state index < -0.39 is 10.0 Å². The van der Waals surface area contributed by atoms with E-state index in [0.717, 1.165) is 0 Å². The fourth-order valence-corrected chi connectivity index (χ4v) is 3.60. The minimum absolute atomic E-state index is 0.0745. The molecular formula is C12H21N5O4S. The summed E-state index contributed by atoms with van der Waals surface area (Å²) in [5.74, 6) is 0. The van der Waals surface area contributed by atoms with Gasteiger partial charge >= 0.3 is 6.03 Å². The van der Waals surface area contributed by atoms with Crippen molar-refractivity contribution in [2.45, 2.75) is 11.4 Å². The number of H-pyrrole nitrogens is 1. The minimum Gasteiger partial charge on any atom is -0.383 e. The number of hydrogen-bond donors (Lipinski definition) is 2. The number of carbonyl (C=O) groups is 1. The average Bonchev–Trinajstić information content (AvgIpc) is 2.92. The van der Waals surface area contributed by atoms with Gasteiger partial charge in [-0.1, -0.05) is 0 Å². The Morgan fingerprint density at radius 3 is 2.91 bits per heavy atom. The summed E-state index contributed by atoms with van der Waals surface area (Å²) < 4.78 is 31.1. The predicted octanol–water partition coefficient (Wildman–Crippen LogP) is -0.538. The van der Waals surface area contributed by atoms with E-state index >= 15 is 0 Å². The molecule has 0 aromatic carbocycles. The molecule has 0 atom stereocenters. The van der Waals surface area contributed by atoms with Crippen LogP contribution >= 0.6 is 0 Å². The zero-order valence-corrected chi connectivity index (χ0v) is 13.3. The molecule has 1 aromatic heterocycles. The molecule has 1 aliphatic heterocycles. The summed E-state index contributed by atoms with van der Waals surface area (Å²) in [5, 5.41) is 2.81. The molecule has 2 heterocycles. The normalized spacial score (nSPS) is 17.2. The number of aromatic amines is 1. The highest BCUT2D eigenvalue weighted by Crippen LogP contribution is 2.15. The van der Waals surface area contributed by atoms with Gasteiger partial charge in [0, 0.05) is 39.8 Å². The lowest BCUT2D eigenvalue weighted by Gasteiger charge is -2.21. The number of rotatable bonds is 5. The number of methoxy groups -OCH3 is 1. The molecule has 0 unspecified atom stereocenters. The maximum absolute atomic E-state index is 12.4. The van der Waals surface area contributed by atoms with Crippen LogP contribution in [-0.2, 0) is 14.8 Å². The summed E-state index contributed by atoms with van der Waals surface area (Å²) in [6.07, 6.45) is 3.21. The van der Waals surface area contributed by atoms with E-state index in [2.05, 4.69) is 15.3 Å². The van der Waals surface area contributed by atoms with Gasteiger partial charge in [-0.2, -0.15) is 4.31 Å². The molecule has 0 aliphatic carbocycles. The van der Waals surface area contributed by atoms with Crippen LogP contribution in [0.25, 0.3) is 0 Å². The molecule has 1 fully saturated rings. The van der Waals surface area contributed by atoms with E-state index in [1.54, 1.807) is 12.0 Å². The monoisotopic (exact) mass is 331 g/mol. The van der Waals surface area contributed by atoms with Gasteiger partial charge in [-0.3, -0.25) is 0 Å². The maximum Gasteiger partial charge on any atom is 0.317 e. The SMILES string of the molecule is COCCNC(=O)N1CCCN(S(=O)(=O)c2cnc[nH]2)CC1. The smallest absolute Gasteiger partial charge is 0.317 e. The van der Waals surface area contributed by atoms with Crippen molar-refractivity contribution in [2.24, 2.45) is 0 Å². The maximum atomic E-state index is 12.4. The van der Waals surface area contributed by atoms with Crippen LogP contribution in [0.4, 0.5) is 4.79 Å². The first-order chi connectivity index (χ1) is 10.6. The fourth-order valence-electron chi connectivity index (χ4n) is 2.23. The molecule has 2 amide bonds. The predicted molar refractivity (Wildman–Crippen MR) is 78.8 cm³/mol. The topological polar surface area (TPSA) is 108 Å². The van der Waals surface area contributed by atoms with Gasteiger partial charge in [0.15, 0.2) is 5.03 Å². The molecule has 0 radical (unpaired) electrons. The van der Waals surface area contributed by atoms with Crippen LogP contribution in [0.3, 0.4) is 0 Å². The number of aromatic nitrogens is 2. The Labute approximate surface area is 129 Å². The lowest BCUT2D eigenvalue weighted by atomic mass is 10.4. The quantitative estimate of drug-likeness (QED) is 0.705. The van der Waals surface area contributed by atoms with Gasteiger partial charge in [-0.25, -0.2) is 18.2 Å². The number of urea groups is 1. The van der Waals surface area contributed by atoms with E-state index in [1.807, 2.05) is 0 Å². The Kier molecular flexibility index (Phi) is 5.75. The number of nitrogens with zero attached hydrogens (tertiary/aromatic N) is 3. The highest BCUT2D eigenvalue weighted by Gasteiger charge is 2.29. The summed E-state index contributed by atoms with van der Waals surface area (Å²) in [7, 11) is -2.01. The van der Waals surface area contributed by atoms with Crippen molar-refractivity contribution in [2.75, 3.05) is 46.4 Å². The van der Waals surface area contributed by atoms with Crippen molar-refractivity contribution in [3.63, 3.8) is 0 Å². The van der Waals surface area contributed by atoms with Gasteiger partial charge in [0.25, 0.3) is 10.0 Å². The van der Waals surface area contributed by atoms with Crippen LogP contribution in [-0.4, -0.2) is 80.1 Å². The lowest BCUT2D eigenvalue weighted by Crippen LogP contribution is -2.43. The Morgan fingerprint density at radius 2 is 2.23 bits per heavy atom. The van der Waals surface area contributed by atoms with Crippen molar-refractivity contribution < 1.29 is 17.9 Å². The third-order valence-corrected chi connectivity index (χ3v) is 5.24. The second kappa shape index (κ2) is 7.56. The molecule has 0 bridgehead atoms. The largest absolute Gasteiger partial charge is 0.383 e. The third kappa shape index (κ3) is 3.96. The number of ether oxygens (including phenoxy) is 1. The number of carbonyl (C=O) groups excluding carboxylic acids is 1. The molecule has 22 heavy (non-hydrogen) atoms. The molecule has 124 valence electrons. The van der Waals surface area contributed by atoms with Gasteiger partial charge in [0.05, 0.1) is 19.1 Å². The van der Waals surface area contributed by atoms with E-state index in [9.17, 15) is 13.2 Å². The lowest BCUT2D eigenvalue weighted by molar-refractivity contribution is 0.181. The van der Waals surface area contributed by atoms with E-state index in [1.165, 1.54) is 16.8 Å². The van der Waals surface area contributed by atoms with Gasteiger partial charge in [0.1, 0.15) is 0 Å². The van der Waals surface area contributed by atoms with Gasteiger partial charge in [-0.05, 0) is 6.42 Å². The molecule has 1 saturated heterocycles. The summed E-state index contributed by atoms with van der Waals surface area (Å²) >= 11 is 0. The molecule has 1 aliphatic rings. The minimum atomic E-state index is -3.58. The van der Waals surface area contributed by atoms with Crippen LogP contribution in [0.2, 0.25) is 0 Å². The van der Waals surface area contributed by atoms with Crippen LogP contribution in [0.15, 0.2) is 17.6 Å².